The van der Waals surface area contributed by atoms with E-state index in [-0.39, 0.29) is 11.7 Å². The van der Waals surface area contributed by atoms with Crippen LogP contribution in [0.5, 0.6) is 5.75 Å². The van der Waals surface area contributed by atoms with Gasteiger partial charge in [0.25, 0.3) is 5.91 Å². The number of phenols is 1. The molecule has 1 aromatic carbocycles. The molecule has 1 aromatic rings. The number of hydrogen-bond acceptors (Lipinski definition) is 4. The van der Waals surface area contributed by atoms with Crippen molar-refractivity contribution in [3.05, 3.63) is 29.8 Å². The SMILES string of the molecule is O=C(CN1CCCCC1)N/N=C/c1ccccc1O. The van der Waals surface area contributed by atoms with Crippen molar-refractivity contribution in [1.82, 2.24) is 10.3 Å². The molecule has 1 amide bonds. The summed E-state index contributed by atoms with van der Waals surface area (Å²) in [5, 5.41) is 13.4. The molecule has 5 heteroatoms. The first-order chi connectivity index (χ1) is 9.25. The van der Waals surface area contributed by atoms with E-state index in [0.717, 1.165) is 25.9 Å². The zero-order chi connectivity index (χ0) is 13.5. The van der Waals surface area contributed by atoms with E-state index in [1.807, 2.05) is 0 Å². The second-order valence-corrected chi connectivity index (χ2v) is 4.69. The van der Waals surface area contributed by atoms with Crippen LogP contribution in [0.4, 0.5) is 0 Å². The lowest BCUT2D eigenvalue weighted by molar-refractivity contribution is -0.122. The fourth-order valence-electron chi connectivity index (χ4n) is 2.13. The molecule has 1 aliphatic heterocycles. The van der Waals surface area contributed by atoms with E-state index in [1.165, 1.54) is 12.6 Å². The molecule has 2 N–H and O–H groups in total. The van der Waals surface area contributed by atoms with Crippen molar-refractivity contribution >= 4 is 12.1 Å². The summed E-state index contributed by atoms with van der Waals surface area (Å²) < 4.78 is 0. The van der Waals surface area contributed by atoms with Crippen LogP contribution in [0.15, 0.2) is 29.4 Å². The third kappa shape index (κ3) is 4.37. The number of carbonyl (C=O) groups is 1. The van der Waals surface area contributed by atoms with Crippen LogP contribution in [-0.4, -0.2) is 41.8 Å². The smallest absolute Gasteiger partial charge is 0.254 e. The molecule has 1 aliphatic rings. The van der Waals surface area contributed by atoms with Gasteiger partial charge in [0.05, 0.1) is 12.8 Å². The van der Waals surface area contributed by atoms with Crippen LogP contribution < -0.4 is 5.43 Å². The van der Waals surface area contributed by atoms with E-state index in [9.17, 15) is 9.90 Å². The number of rotatable bonds is 4. The first-order valence-corrected chi connectivity index (χ1v) is 6.58. The van der Waals surface area contributed by atoms with Gasteiger partial charge in [0.2, 0.25) is 0 Å². The number of hydrazone groups is 1. The molecule has 0 saturated carbocycles. The quantitative estimate of drug-likeness (QED) is 0.635. The molecule has 102 valence electrons. The number of phenolic OH excluding ortho intramolecular Hbond substituents is 1. The largest absolute Gasteiger partial charge is 0.507 e. The molecular weight excluding hydrogens is 242 g/mol. The van der Waals surface area contributed by atoms with Crippen LogP contribution >= 0.6 is 0 Å². The van der Waals surface area contributed by atoms with E-state index in [4.69, 9.17) is 0 Å². The summed E-state index contributed by atoms with van der Waals surface area (Å²) >= 11 is 0. The lowest BCUT2D eigenvalue weighted by atomic mass is 10.1. The fourth-order valence-corrected chi connectivity index (χ4v) is 2.13. The van der Waals surface area contributed by atoms with Crippen molar-refractivity contribution in [3.63, 3.8) is 0 Å². The highest BCUT2D eigenvalue weighted by atomic mass is 16.3. The summed E-state index contributed by atoms with van der Waals surface area (Å²) in [5.74, 6) is 0.0325. The molecule has 0 radical (unpaired) electrons. The zero-order valence-corrected chi connectivity index (χ0v) is 10.9. The van der Waals surface area contributed by atoms with E-state index in [1.54, 1.807) is 24.3 Å². The van der Waals surface area contributed by atoms with Gasteiger partial charge >= 0.3 is 0 Å². The molecule has 0 unspecified atom stereocenters. The molecule has 0 atom stereocenters. The molecule has 1 heterocycles. The summed E-state index contributed by atoms with van der Waals surface area (Å²) in [5.41, 5.74) is 3.07. The zero-order valence-electron chi connectivity index (χ0n) is 10.9. The summed E-state index contributed by atoms with van der Waals surface area (Å²) in [6, 6.07) is 6.85. The third-order valence-corrected chi connectivity index (χ3v) is 3.15. The van der Waals surface area contributed by atoms with Gasteiger partial charge in [0, 0.05) is 5.56 Å². The van der Waals surface area contributed by atoms with Crippen LogP contribution in [0.3, 0.4) is 0 Å². The van der Waals surface area contributed by atoms with Gasteiger partial charge in [-0.05, 0) is 38.1 Å². The normalized spacial score (nSPS) is 16.6. The van der Waals surface area contributed by atoms with E-state index < -0.39 is 0 Å². The number of para-hydroxylation sites is 1. The van der Waals surface area contributed by atoms with E-state index in [0.29, 0.717) is 12.1 Å². The molecule has 19 heavy (non-hydrogen) atoms. The van der Waals surface area contributed by atoms with Crippen molar-refractivity contribution in [2.45, 2.75) is 19.3 Å². The minimum absolute atomic E-state index is 0.117. The summed E-state index contributed by atoms with van der Waals surface area (Å²) in [6.07, 6.45) is 5.02. The Morgan fingerprint density at radius 3 is 2.79 bits per heavy atom. The average molecular weight is 261 g/mol. The first-order valence-electron chi connectivity index (χ1n) is 6.58. The fraction of sp³-hybridized carbons (Fsp3) is 0.429. The Hall–Kier alpha value is -1.88. The number of piperidine rings is 1. The molecule has 0 bridgehead atoms. The maximum Gasteiger partial charge on any atom is 0.254 e. The predicted octanol–water partition coefficient (Wildman–Crippen LogP) is 1.33. The molecule has 0 aliphatic carbocycles. The Kier molecular flexibility index (Phi) is 4.92. The molecule has 1 fully saturated rings. The second kappa shape index (κ2) is 6.89. The van der Waals surface area contributed by atoms with Crippen molar-refractivity contribution in [1.29, 1.82) is 0 Å². The lowest BCUT2D eigenvalue weighted by Gasteiger charge is -2.25. The number of likely N-dealkylation sites (tertiary alicyclic amines) is 1. The number of aromatic hydroxyl groups is 1. The van der Waals surface area contributed by atoms with Gasteiger partial charge in [-0.2, -0.15) is 5.10 Å². The van der Waals surface area contributed by atoms with Crippen molar-refractivity contribution in [2.75, 3.05) is 19.6 Å². The minimum atomic E-state index is -0.117. The van der Waals surface area contributed by atoms with Gasteiger partial charge in [-0.25, -0.2) is 5.43 Å². The van der Waals surface area contributed by atoms with E-state index in [2.05, 4.69) is 15.4 Å². The maximum atomic E-state index is 11.7. The van der Waals surface area contributed by atoms with Gasteiger partial charge in [-0.3, -0.25) is 9.69 Å². The number of nitrogens with zero attached hydrogens (tertiary/aromatic N) is 2. The van der Waals surface area contributed by atoms with Crippen LogP contribution in [0.2, 0.25) is 0 Å². The number of benzene rings is 1. The van der Waals surface area contributed by atoms with Gasteiger partial charge in [0.15, 0.2) is 0 Å². The van der Waals surface area contributed by atoms with E-state index >= 15 is 0 Å². The third-order valence-electron chi connectivity index (χ3n) is 3.15. The Morgan fingerprint density at radius 1 is 1.32 bits per heavy atom. The lowest BCUT2D eigenvalue weighted by Crippen LogP contribution is -2.38. The van der Waals surface area contributed by atoms with Gasteiger partial charge in [-0.1, -0.05) is 18.6 Å². The highest BCUT2D eigenvalue weighted by molar-refractivity contribution is 5.85. The number of hydrogen-bond donors (Lipinski definition) is 2. The van der Waals surface area contributed by atoms with Gasteiger partial charge in [0.1, 0.15) is 5.75 Å². The molecule has 1 saturated heterocycles. The number of nitrogens with one attached hydrogen (secondary N) is 1. The number of carbonyl (C=O) groups excluding carboxylic acids is 1. The van der Waals surface area contributed by atoms with Crippen LogP contribution in [0.25, 0.3) is 0 Å². The first kappa shape index (κ1) is 13.5. The Balaban J connectivity index is 1.78. The van der Waals surface area contributed by atoms with Crippen molar-refractivity contribution in [3.8, 4) is 5.75 Å². The molecular formula is C14H19N3O2. The second-order valence-electron chi connectivity index (χ2n) is 4.69. The Labute approximate surface area is 112 Å². The Morgan fingerprint density at radius 2 is 2.05 bits per heavy atom. The Bertz CT molecular complexity index is 454. The molecule has 5 nitrogen and oxygen atoms in total. The minimum Gasteiger partial charge on any atom is -0.507 e. The average Bonchev–Trinajstić information content (AvgIpc) is 2.42. The summed E-state index contributed by atoms with van der Waals surface area (Å²) in [6.45, 7) is 2.35. The standard InChI is InChI=1S/C14H19N3O2/c18-13-7-3-2-6-12(13)10-15-16-14(19)11-17-8-4-1-5-9-17/h2-3,6-7,10,18H,1,4-5,8-9,11H2,(H,16,19)/b15-10+. The van der Waals surface area contributed by atoms with Crippen LogP contribution in [-0.2, 0) is 4.79 Å². The number of amides is 1. The summed E-state index contributed by atoms with van der Waals surface area (Å²) in [7, 11) is 0. The molecule has 0 spiro atoms. The van der Waals surface area contributed by atoms with Gasteiger partial charge < -0.3 is 5.11 Å². The van der Waals surface area contributed by atoms with Crippen molar-refractivity contribution in [2.24, 2.45) is 5.10 Å². The molecule has 0 aromatic heterocycles. The van der Waals surface area contributed by atoms with Crippen molar-refractivity contribution < 1.29 is 9.90 Å². The van der Waals surface area contributed by atoms with Crippen LogP contribution in [0.1, 0.15) is 24.8 Å². The monoisotopic (exact) mass is 261 g/mol. The predicted molar refractivity (Wildman–Crippen MR) is 74.1 cm³/mol. The highest BCUT2D eigenvalue weighted by Gasteiger charge is 2.12. The maximum absolute atomic E-state index is 11.7. The molecule has 2 rings (SSSR count). The van der Waals surface area contributed by atoms with Gasteiger partial charge in [-0.15, -0.1) is 0 Å². The highest BCUT2D eigenvalue weighted by Crippen LogP contribution is 2.12. The van der Waals surface area contributed by atoms with Crippen LogP contribution in [0, 0.1) is 0 Å². The topological polar surface area (TPSA) is 64.9 Å². The summed E-state index contributed by atoms with van der Waals surface area (Å²) in [4.78, 5) is 13.8.